The quantitative estimate of drug-likeness (QED) is 0.625. The molecule has 0 saturated carbocycles. The molecule has 0 aromatic heterocycles. The molecule has 2 rings (SSSR count). The highest BCUT2D eigenvalue weighted by atomic mass is 16.2. The average molecular weight is 308 g/mol. The molecule has 118 valence electrons. The van der Waals surface area contributed by atoms with Gasteiger partial charge in [0.05, 0.1) is 0 Å². The van der Waals surface area contributed by atoms with Crippen LogP contribution in [0.4, 0.5) is 10.5 Å². The summed E-state index contributed by atoms with van der Waals surface area (Å²) in [6.07, 6.45) is 3.22. The summed E-state index contributed by atoms with van der Waals surface area (Å²) in [6, 6.07) is 18.3. The van der Waals surface area contributed by atoms with Gasteiger partial charge in [-0.1, -0.05) is 54.6 Å². The first-order valence-electron chi connectivity index (χ1n) is 7.39. The summed E-state index contributed by atoms with van der Waals surface area (Å²) in [5.74, 6) is -0.0732. The molecule has 0 heterocycles. The van der Waals surface area contributed by atoms with Crippen LogP contribution in [0.1, 0.15) is 10.4 Å². The largest absolute Gasteiger partial charge is 0.330 e. The molecule has 2 aromatic carbocycles. The molecule has 0 fully saturated rings. The fourth-order valence-electron chi connectivity index (χ4n) is 2.11. The van der Waals surface area contributed by atoms with Crippen LogP contribution in [-0.2, 0) is 0 Å². The zero-order valence-electron chi connectivity index (χ0n) is 13.3. The number of benzene rings is 2. The van der Waals surface area contributed by atoms with E-state index < -0.39 is 0 Å². The molecule has 0 aliphatic rings. The standard InChI is InChI=1S/C19H20N2O2/c1-20(2)19(23)21(17-12-7-4-8-13-17)15-9-14-18(22)16-10-5-3-6-11-16/h3-14H,15H2,1-2H3. The predicted molar refractivity (Wildman–Crippen MR) is 92.8 cm³/mol. The number of urea groups is 1. The molecule has 0 radical (unpaired) electrons. The smallest absolute Gasteiger partial charge is 0.324 e. The zero-order chi connectivity index (χ0) is 16.7. The molecule has 4 heteroatoms. The second-order valence-corrected chi connectivity index (χ2v) is 5.26. The third kappa shape index (κ3) is 4.54. The van der Waals surface area contributed by atoms with Crippen LogP contribution < -0.4 is 4.90 Å². The number of allylic oxidation sites excluding steroid dienone is 1. The van der Waals surface area contributed by atoms with Gasteiger partial charge < -0.3 is 4.90 Å². The normalized spacial score (nSPS) is 10.5. The Kier molecular flexibility index (Phi) is 5.69. The van der Waals surface area contributed by atoms with Crippen LogP contribution in [0.3, 0.4) is 0 Å². The molecular formula is C19H20N2O2. The fraction of sp³-hybridized carbons (Fsp3) is 0.158. The Morgan fingerprint density at radius 3 is 2.04 bits per heavy atom. The maximum Gasteiger partial charge on any atom is 0.324 e. The SMILES string of the molecule is CN(C)C(=O)N(CC=CC(=O)c1ccccc1)c1ccccc1. The third-order valence-corrected chi connectivity index (χ3v) is 3.30. The number of anilines is 1. The van der Waals surface area contributed by atoms with E-state index in [1.807, 2.05) is 48.5 Å². The van der Waals surface area contributed by atoms with Gasteiger partial charge in [-0.3, -0.25) is 9.69 Å². The first-order chi connectivity index (χ1) is 11.1. The van der Waals surface area contributed by atoms with Gasteiger partial charge in [-0.15, -0.1) is 0 Å². The highest BCUT2D eigenvalue weighted by Gasteiger charge is 2.15. The van der Waals surface area contributed by atoms with Crippen LogP contribution in [0.2, 0.25) is 0 Å². The van der Waals surface area contributed by atoms with Crippen LogP contribution in [0, 0.1) is 0 Å². The molecule has 0 aliphatic heterocycles. The lowest BCUT2D eigenvalue weighted by Gasteiger charge is -2.25. The first kappa shape index (κ1) is 16.5. The lowest BCUT2D eigenvalue weighted by Crippen LogP contribution is -2.39. The van der Waals surface area contributed by atoms with Crippen molar-refractivity contribution < 1.29 is 9.59 Å². The summed E-state index contributed by atoms with van der Waals surface area (Å²) in [4.78, 5) is 27.5. The van der Waals surface area contributed by atoms with E-state index in [0.717, 1.165) is 5.69 Å². The second kappa shape index (κ2) is 7.94. The molecule has 0 bridgehead atoms. The monoisotopic (exact) mass is 308 g/mol. The number of hydrogen-bond donors (Lipinski definition) is 0. The minimum atomic E-state index is -0.131. The van der Waals surface area contributed by atoms with Crippen molar-refractivity contribution in [2.45, 2.75) is 0 Å². The lowest BCUT2D eigenvalue weighted by atomic mass is 10.1. The molecule has 0 spiro atoms. The molecule has 0 N–H and O–H groups in total. The number of para-hydroxylation sites is 1. The van der Waals surface area contributed by atoms with E-state index in [2.05, 4.69) is 0 Å². The molecule has 23 heavy (non-hydrogen) atoms. The minimum absolute atomic E-state index is 0.0732. The summed E-state index contributed by atoms with van der Waals surface area (Å²) < 4.78 is 0. The van der Waals surface area contributed by atoms with Crippen molar-refractivity contribution in [3.8, 4) is 0 Å². The number of ketones is 1. The highest BCUT2D eigenvalue weighted by molar-refractivity contribution is 6.04. The Hall–Kier alpha value is -2.88. The molecule has 0 saturated heterocycles. The van der Waals surface area contributed by atoms with Crippen molar-refractivity contribution in [2.75, 3.05) is 25.5 Å². The number of rotatable bonds is 5. The van der Waals surface area contributed by atoms with Gasteiger partial charge in [0.2, 0.25) is 0 Å². The molecule has 4 nitrogen and oxygen atoms in total. The van der Waals surface area contributed by atoms with Crippen LogP contribution in [0.15, 0.2) is 72.8 Å². The highest BCUT2D eigenvalue weighted by Crippen LogP contribution is 2.14. The molecule has 0 unspecified atom stereocenters. The topological polar surface area (TPSA) is 40.6 Å². The fourth-order valence-corrected chi connectivity index (χ4v) is 2.11. The van der Waals surface area contributed by atoms with Gasteiger partial charge in [0.1, 0.15) is 0 Å². The maximum atomic E-state index is 12.3. The predicted octanol–water partition coefficient (Wildman–Crippen LogP) is 3.61. The van der Waals surface area contributed by atoms with Crippen molar-refractivity contribution in [1.29, 1.82) is 0 Å². The number of hydrogen-bond acceptors (Lipinski definition) is 2. The van der Waals surface area contributed by atoms with Crippen molar-refractivity contribution >= 4 is 17.5 Å². The van der Waals surface area contributed by atoms with E-state index in [9.17, 15) is 9.59 Å². The summed E-state index contributed by atoms with van der Waals surface area (Å²) >= 11 is 0. The van der Waals surface area contributed by atoms with Gasteiger partial charge in [-0.05, 0) is 18.2 Å². The molecule has 2 amide bonds. The number of nitrogens with zero attached hydrogens (tertiary/aromatic N) is 2. The molecule has 2 aromatic rings. The second-order valence-electron chi connectivity index (χ2n) is 5.26. The molecule has 0 aliphatic carbocycles. The van der Waals surface area contributed by atoms with Crippen LogP contribution in [0.25, 0.3) is 0 Å². The summed E-state index contributed by atoms with van der Waals surface area (Å²) in [5, 5.41) is 0. The Morgan fingerprint density at radius 1 is 0.913 bits per heavy atom. The van der Waals surface area contributed by atoms with E-state index in [4.69, 9.17) is 0 Å². The van der Waals surface area contributed by atoms with Gasteiger partial charge in [-0.25, -0.2) is 4.79 Å². The first-order valence-corrected chi connectivity index (χ1v) is 7.39. The van der Waals surface area contributed by atoms with Crippen molar-refractivity contribution in [1.82, 2.24) is 4.90 Å². The lowest BCUT2D eigenvalue weighted by molar-refractivity contribution is 0.104. The van der Waals surface area contributed by atoms with Gasteiger partial charge in [0, 0.05) is 31.9 Å². The van der Waals surface area contributed by atoms with Gasteiger partial charge >= 0.3 is 6.03 Å². The van der Waals surface area contributed by atoms with E-state index in [0.29, 0.717) is 12.1 Å². The van der Waals surface area contributed by atoms with E-state index in [-0.39, 0.29) is 11.8 Å². The van der Waals surface area contributed by atoms with Crippen LogP contribution in [-0.4, -0.2) is 37.4 Å². The summed E-state index contributed by atoms with van der Waals surface area (Å²) in [7, 11) is 3.41. The van der Waals surface area contributed by atoms with E-state index in [1.54, 1.807) is 37.2 Å². The van der Waals surface area contributed by atoms with Crippen molar-refractivity contribution in [3.63, 3.8) is 0 Å². The van der Waals surface area contributed by atoms with Gasteiger partial charge in [0.25, 0.3) is 0 Å². The Balaban J connectivity index is 2.11. The maximum absolute atomic E-state index is 12.3. The van der Waals surface area contributed by atoms with Crippen molar-refractivity contribution in [3.05, 3.63) is 78.4 Å². The molecular weight excluding hydrogens is 288 g/mol. The summed E-state index contributed by atoms with van der Waals surface area (Å²) in [5.41, 5.74) is 1.43. The van der Waals surface area contributed by atoms with Crippen molar-refractivity contribution in [2.24, 2.45) is 0 Å². The average Bonchev–Trinajstić information content (AvgIpc) is 2.59. The Bertz CT molecular complexity index is 679. The number of amides is 2. The Morgan fingerprint density at radius 2 is 1.48 bits per heavy atom. The number of carbonyl (C=O) groups excluding carboxylic acids is 2. The minimum Gasteiger partial charge on any atom is -0.330 e. The van der Waals surface area contributed by atoms with E-state index in [1.165, 1.54) is 11.0 Å². The zero-order valence-corrected chi connectivity index (χ0v) is 13.3. The van der Waals surface area contributed by atoms with Crippen LogP contribution in [0.5, 0.6) is 0 Å². The van der Waals surface area contributed by atoms with Crippen LogP contribution >= 0.6 is 0 Å². The third-order valence-electron chi connectivity index (χ3n) is 3.30. The summed E-state index contributed by atoms with van der Waals surface area (Å²) in [6.45, 7) is 0.333. The van der Waals surface area contributed by atoms with E-state index >= 15 is 0 Å². The van der Waals surface area contributed by atoms with Gasteiger partial charge in [0.15, 0.2) is 5.78 Å². The van der Waals surface area contributed by atoms with Gasteiger partial charge in [-0.2, -0.15) is 0 Å². The number of carbonyl (C=O) groups is 2. The Labute approximate surface area is 136 Å². The molecule has 0 atom stereocenters.